The predicted molar refractivity (Wildman–Crippen MR) is 129 cm³/mol. The van der Waals surface area contributed by atoms with Crippen LogP contribution in [-0.2, 0) is 9.59 Å². The number of ketones is 1. The first-order valence-corrected chi connectivity index (χ1v) is 11.7. The highest BCUT2D eigenvalue weighted by atomic mass is 32.1. The number of aliphatic hydroxyl groups is 1. The summed E-state index contributed by atoms with van der Waals surface area (Å²) in [6.45, 7) is 0. The van der Waals surface area contributed by atoms with Gasteiger partial charge in [0.25, 0.3) is 11.5 Å². The molecular weight excluding hydrogens is 494 g/mol. The number of fused-ring (bicyclic) bond motifs is 1. The van der Waals surface area contributed by atoms with E-state index in [-0.39, 0.29) is 27.5 Å². The van der Waals surface area contributed by atoms with Crippen LogP contribution in [0.15, 0.2) is 65.6 Å². The summed E-state index contributed by atoms with van der Waals surface area (Å²) >= 11 is 2.30. The summed E-state index contributed by atoms with van der Waals surface area (Å²) in [6, 6.07) is 11.9. The van der Waals surface area contributed by atoms with Crippen molar-refractivity contribution in [1.82, 2.24) is 4.98 Å². The number of thiazole rings is 1. The van der Waals surface area contributed by atoms with E-state index in [9.17, 15) is 34.7 Å². The van der Waals surface area contributed by atoms with Crippen LogP contribution in [0.1, 0.15) is 26.8 Å². The quantitative estimate of drug-likeness (QED) is 0.131. The van der Waals surface area contributed by atoms with Gasteiger partial charge in [-0.2, -0.15) is 0 Å². The first kappa shape index (κ1) is 22.4. The van der Waals surface area contributed by atoms with E-state index in [1.807, 2.05) is 0 Å². The maximum absolute atomic E-state index is 13.2. The SMILES string of the molecule is O=C1C(=O)N(c2nc3ccc(C(=O)O)cc3s2)C(c2cccs2)/C1=C(\O)c1cccc([N+](=O)[O-])c1. The molecule has 4 aromatic rings. The number of hydrogen-bond acceptors (Lipinski definition) is 9. The summed E-state index contributed by atoms with van der Waals surface area (Å²) in [6.07, 6.45) is 0. The standard InChI is InChI=1S/C23H13N3O7S2/c27-19(11-3-1-4-13(9-11)26(32)33)17-18(15-5-2-8-34-15)25(21(29)20(17)28)23-24-14-7-6-12(22(30)31)10-16(14)35-23/h1-10,18,27H,(H,30,31)/b19-17+. The molecule has 1 fully saturated rings. The molecule has 0 saturated carbocycles. The number of carbonyl (C=O) groups excluding carboxylic acids is 2. The van der Waals surface area contributed by atoms with Crippen molar-refractivity contribution >= 4 is 67.1 Å². The Morgan fingerprint density at radius 3 is 2.54 bits per heavy atom. The predicted octanol–water partition coefficient (Wildman–Crippen LogP) is 4.59. The van der Waals surface area contributed by atoms with E-state index in [0.717, 1.165) is 17.4 Å². The number of rotatable bonds is 5. The van der Waals surface area contributed by atoms with E-state index in [0.29, 0.717) is 15.1 Å². The molecule has 174 valence electrons. The monoisotopic (exact) mass is 507 g/mol. The highest BCUT2D eigenvalue weighted by Gasteiger charge is 2.48. The summed E-state index contributed by atoms with van der Waals surface area (Å²) < 4.78 is 0.505. The summed E-state index contributed by atoms with van der Waals surface area (Å²) in [5, 5.41) is 33.4. The van der Waals surface area contributed by atoms with Crippen molar-refractivity contribution in [3.63, 3.8) is 0 Å². The fourth-order valence-electron chi connectivity index (χ4n) is 3.82. The highest BCUT2D eigenvalue weighted by Crippen LogP contribution is 2.45. The van der Waals surface area contributed by atoms with E-state index >= 15 is 0 Å². The number of aliphatic hydroxyl groups excluding tert-OH is 1. The molecule has 2 N–H and O–H groups in total. The van der Waals surface area contributed by atoms with Crippen molar-refractivity contribution in [2.75, 3.05) is 4.90 Å². The van der Waals surface area contributed by atoms with Crippen LogP contribution in [0.5, 0.6) is 0 Å². The average Bonchev–Trinajstić information content (AvgIpc) is 3.57. The van der Waals surface area contributed by atoms with Gasteiger partial charge in [0.05, 0.1) is 26.3 Å². The molecule has 1 saturated heterocycles. The molecule has 0 aliphatic carbocycles. The van der Waals surface area contributed by atoms with Crippen LogP contribution in [0.3, 0.4) is 0 Å². The smallest absolute Gasteiger partial charge is 0.335 e. The summed E-state index contributed by atoms with van der Waals surface area (Å²) in [5.41, 5.74) is 0.0182. The van der Waals surface area contributed by atoms with Gasteiger partial charge in [0.1, 0.15) is 11.8 Å². The lowest BCUT2D eigenvalue weighted by Gasteiger charge is -2.21. The summed E-state index contributed by atoms with van der Waals surface area (Å²) in [4.78, 5) is 54.4. The third-order valence-electron chi connectivity index (χ3n) is 5.42. The minimum absolute atomic E-state index is 0.0224. The number of nitrogens with zero attached hydrogens (tertiary/aromatic N) is 3. The van der Waals surface area contributed by atoms with Gasteiger partial charge in [-0.3, -0.25) is 24.6 Å². The van der Waals surface area contributed by atoms with Crippen molar-refractivity contribution in [2.24, 2.45) is 0 Å². The second-order valence-electron chi connectivity index (χ2n) is 7.48. The number of Topliss-reactive ketones (excluding diaryl/α,β-unsaturated/α-hetero) is 1. The van der Waals surface area contributed by atoms with E-state index < -0.39 is 34.4 Å². The minimum Gasteiger partial charge on any atom is -0.507 e. The highest BCUT2D eigenvalue weighted by molar-refractivity contribution is 7.22. The van der Waals surface area contributed by atoms with Crippen molar-refractivity contribution in [2.45, 2.75) is 6.04 Å². The molecule has 10 nitrogen and oxygen atoms in total. The zero-order chi connectivity index (χ0) is 24.9. The van der Waals surface area contributed by atoms with Crippen LogP contribution >= 0.6 is 22.7 Å². The molecule has 0 bridgehead atoms. The van der Waals surface area contributed by atoms with Crippen molar-refractivity contribution in [3.8, 4) is 0 Å². The number of carboxylic acids is 1. The molecule has 0 spiro atoms. The third-order valence-corrected chi connectivity index (χ3v) is 7.36. The van der Waals surface area contributed by atoms with Gasteiger partial charge in [0.15, 0.2) is 5.13 Å². The summed E-state index contributed by atoms with van der Waals surface area (Å²) in [7, 11) is 0. The Labute approximate surface area is 204 Å². The van der Waals surface area contributed by atoms with E-state index in [1.165, 1.54) is 52.6 Å². The Bertz CT molecular complexity index is 1570. The van der Waals surface area contributed by atoms with Gasteiger partial charge in [-0.05, 0) is 29.6 Å². The number of aromatic nitrogens is 1. The third kappa shape index (κ3) is 3.74. The van der Waals surface area contributed by atoms with Crippen LogP contribution in [0.4, 0.5) is 10.8 Å². The van der Waals surface area contributed by atoms with Gasteiger partial charge in [-0.1, -0.05) is 29.5 Å². The van der Waals surface area contributed by atoms with E-state index in [4.69, 9.17) is 0 Å². The zero-order valence-corrected chi connectivity index (χ0v) is 19.1. The number of carbonyl (C=O) groups is 3. The number of benzene rings is 2. The summed E-state index contributed by atoms with van der Waals surface area (Å²) in [5.74, 6) is -3.54. The number of carboxylic acid groups (broad SMARTS) is 1. The largest absolute Gasteiger partial charge is 0.507 e. The number of hydrogen-bond donors (Lipinski definition) is 2. The lowest BCUT2D eigenvalue weighted by Crippen LogP contribution is -2.28. The number of thiophene rings is 1. The number of nitro groups is 1. The maximum atomic E-state index is 13.2. The second-order valence-corrected chi connectivity index (χ2v) is 9.46. The van der Waals surface area contributed by atoms with Crippen LogP contribution in [0.25, 0.3) is 16.0 Å². The molecule has 1 aliphatic heterocycles. The Hall–Kier alpha value is -4.42. The molecule has 1 atom stereocenters. The molecule has 2 aromatic carbocycles. The Morgan fingerprint density at radius 1 is 1.06 bits per heavy atom. The molecule has 3 heterocycles. The molecule has 1 aliphatic rings. The number of anilines is 1. The Kier molecular flexibility index (Phi) is 5.38. The van der Waals surface area contributed by atoms with Crippen LogP contribution < -0.4 is 4.90 Å². The van der Waals surface area contributed by atoms with Crippen molar-refractivity contribution in [1.29, 1.82) is 0 Å². The van der Waals surface area contributed by atoms with Gasteiger partial charge >= 0.3 is 11.9 Å². The molecule has 5 rings (SSSR count). The van der Waals surface area contributed by atoms with Gasteiger partial charge < -0.3 is 10.2 Å². The van der Waals surface area contributed by atoms with Gasteiger partial charge in [0.2, 0.25) is 0 Å². The van der Waals surface area contributed by atoms with E-state index in [1.54, 1.807) is 17.5 Å². The lowest BCUT2D eigenvalue weighted by atomic mass is 9.99. The molecule has 35 heavy (non-hydrogen) atoms. The number of non-ortho nitro benzene ring substituents is 1. The molecule has 12 heteroatoms. The molecule has 1 unspecified atom stereocenters. The topological polar surface area (TPSA) is 151 Å². The number of aromatic carboxylic acids is 1. The fraction of sp³-hybridized carbons (Fsp3) is 0.0435. The van der Waals surface area contributed by atoms with Gasteiger partial charge in [0, 0.05) is 22.6 Å². The molecule has 1 amide bonds. The second kappa shape index (κ2) is 8.42. The Morgan fingerprint density at radius 2 is 1.86 bits per heavy atom. The molecule has 2 aromatic heterocycles. The molecule has 0 radical (unpaired) electrons. The minimum atomic E-state index is -1.11. The van der Waals surface area contributed by atoms with E-state index in [2.05, 4.69) is 4.98 Å². The van der Waals surface area contributed by atoms with Crippen molar-refractivity contribution < 1.29 is 29.5 Å². The first-order valence-electron chi connectivity index (χ1n) is 9.99. The molecular formula is C23H13N3O7S2. The fourth-order valence-corrected chi connectivity index (χ4v) is 5.67. The average molecular weight is 508 g/mol. The van der Waals surface area contributed by atoms with Gasteiger partial charge in [-0.25, -0.2) is 9.78 Å². The number of nitro benzene ring substituents is 1. The normalized spacial score (nSPS) is 17.3. The van der Waals surface area contributed by atoms with Crippen LogP contribution in [0, 0.1) is 10.1 Å². The zero-order valence-electron chi connectivity index (χ0n) is 17.4. The first-order chi connectivity index (χ1) is 16.8. The van der Waals surface area contributed by atoms with Crippen molar-refractivity contribution in [3.05, 3.63) is 91.7 Å². The lowest BCUT2D eigenvalue weighted by molar-refractivity contribution is -0.384. The van der Waals surface area contributed by atoms with Crippen LogP contribution in [0.2, 0.25) is 0 Å². The Balaban J connectivity index is 1.69. The van der Waals surface area contributed by atoms with Gasteiger partial charge in [-0.15, -0.1) is 11.3 Å². The maximum Gasteiger partial charge on any atom is 0.335 e. The number of amides is 1. The van der Waals surface area contributed by atoms with Crippen LogP contribution in [-0.4, -0.2) is 37.8 Å².